The molecule has 2 aromatic carbocycles. The fourth-order valence-corrected chi connectivity index (χ4v) is 10.7. The molecule has 0 bridgehead atoms. The van der Waals surface area contributed by atoms with Crippen LogP contribution in [0, 0.1) is 23.0 Å². The van der Waals surface area contributed by atoms with Gasteiger partial charge in [-0.3, -0.25) is 4.90 Å². The lowest BCUT2D eigenvalue weighted by atomic mass is 9.84. The van der Waals surface area contributed by atoms with Gasteiger partial charge in [0.25, 0.3) is 0 Å². The Balaban J connectivity index is 1.06. The number of benzene rings is 2. The largest absolute Gasteiger partial charge is 0.461 e. The number of nitrogens with two attached hydrogens (primary N) is 1. The molecule has 2 N–H and O–H groups in total. The zero-order valence-corrected chi connectivity index (χ0v) is 31.6. The Morgan fingerprint density at radius 3 is 2.71 bits per heavy atom. The highest BCUT2D eigenvalue weighted by Gasteiger charge is 2.53. The molecule has 3 aromatic heterocycles. The van der Waals surface area contributed by atoms with Crippen LogP contribution in [0.3, 0.4) is 0 Å². The quantitative estimate of drug-likeness (QED) is 0.186. The van der Waals surface area contributed by atoms with E-state index in [0.29, 0.717) is 56.0 Å². The van der Waals surface area contributed by atoms with Gasteiger partial charge >= 0.3 is 12.0 Å². The molecule has 284 valence electrons. The number of fused-ring (bicyclic) bond motifs is 3. The first-order valence-electron chi connectivity index (χ1n) is 18.3. The van der Waals surface area contributed by atoms with E-state index in [1.54, 1.807) is 11.0 Å². The molecule has 10 rings (SSSR count). The second-order valence-corrected chi connectivity index (χ2v) is 17.2. The van der Waals surface area contributed by atoms with Gasteiger partial charge in [0.1, 0.15) is 41.0 Å². The summed E-state index contributed by atoms with van der Waals surface area (Å²) in [5.74, 6) is -0.256. The van der Waals surface area contributed by atoms with Gasteiger partial charge in [-0.2, -0.15) is 19.9 Å². The normalized spacial score (nSPS) is 25.0. The standard InChI is InChI=1S/C37H33Cl2F3N10O2S/c38-23-12-21-28(27(42)26(23)20-4-5-24(41)29-25(20)22(14-43)30(44)55-29)45-34(54-17-37-6-1-9-50(37)15-19(40)13-37)47-32(21)49-10-7-36(16-49)8-11-51(36)35(53)52-33(39)46-31(48-52)18-2-3-18/h4-5,12,18-19H,1-3,6-11,13,15-17,44H2/t19-,36?,37+/m1/s1. The molecule has 1 saturated carbocycles. The zero-order chi connectivity index (χ0) is 38.0. The average Bonchev–Trinajstić information content (AvgIpc) is 3.43. The first kappa shape index (κ1) is 35.0. The van der Waals surface area contributed by atoms with E-state index < -0.39 is 28.9 Å². The van der Waals surface area contributed by atoms with Gasteiger partial charge < -0.3 is 20.3 Å². The number of thiophene rings is 1. The van der Waals surface area contributed by atoms with Crippen LogP contribution in [0.4, 0.5) is 28.8 Å². The molecule has 0 radical (unpaired) electrons. The highest BCUT2D eigenvalue weighted by molar-refractivity contribution is 7.23. The summed E-state index contributed by atoms with van der Waals surface area (Å²) in [7, 11) is 0. The maximum atomic E-state index is 17.2. The number of likely N-dealkylation sites (tertiary alicyclic amines) is 1. The van der Waals surface area contributed by atoms with Gasteiger partial charge in [-0.05, 0) is 74.4 Å². The number of nitriles is 1. The number of anilines is 2. The lowest BCUT2D eigenvalue weighted by molar-refractivity contribution is 0.0400. The van der Waals surface area contributed by atoms with Crippen LogP contribution < -0.4 is 15.4 Å². The predicted molar refractivity (Wildman–Crippen MR) is 202 cm³/mol. The molecule has 7 heterocycles. The molecule has 1 aliphatic carbocycles. The van der Waals surface area contributed by atoms with Gasteiger partial charge in [0.2, 0.25) is 5.28 Å². The predicted octanol–water partition coefficient (Wildman–Crippen LogP) is 7.30. The van der Waals surface area contributed by atoms with Crippen LogP contribution in [0.15, 0.2) is 18.2 Å². The Labute approximate surface area is 326 Å². The highest BCUT2D eigenvalue weighted by atomic mass is 35.5. The molecule has 5 fully saturated rings. The lowest BCUT2D eigenvalue weighted by Crippen LogP contribution is -2.64. The second kappa shape index (κ2) is 12.5. The van der Waals surface area contributed by atoms with Crippen molar-refractivity contribution in [1.29, 1.82) is 5.26 Å². The number of hydrogen-bond donors (Lipinski definition) is 1. The van der Waals surface area contributed by atoms with Crippen molar-refractivity contribution < 1.29 is 22.7 Å². The van der Waals surface area contributed by atoms with E-state index in [1.165, 1.54) is 16.8 Å². The van der Waals surface area contributed by atoms with Crippen molar-refractivity contribution in [3.63, 3.8) is 0 Å². The van der Waals surface area contributed by atoms with Gasteiger partial charge in [-0.1, -0.05) is 17.7 Å². The smallest absolute Gasteiger partial charge is 0.348 e. The van der Waals surface area contributed by atoms with Crippen molar-refractivity contribution in [2.24, 2.45) is 0 Å². The van der Waals surface area contributed by atoms with E-state index in [-0.39, 0.29) is 72.2 Å². The molecular formula is C37H33Cl2F3N10O2S. The lowest BCUT2D eigenvalue weighted by Gasteiger charge is -2.50. The first-order chi connectivity index (χ1) is 26.5. The number of ether oxygens (including phenoxy) is 1. The molecule has 5 aromatic rings. The van der Waals surface area contributed by atoms with E-state index in [0.717, 1.165) is 50.0 Å². The Morgan fingerprint density at radius 1 is 1.13 bits per heavy atom. The SMILES string of the molecule is N#Cc1c(N)sc2c(F)ccc(-c3c(Cl)cc4c(N5CCC6(CCN6C(=O)n6nc(C7CC7)nc6Cl)C5)nc(OC[C@@]56CCCN5C[C@H](F)C6)nc4c3F)c12. The molecule has 18 heteroatoms. The minimum Gasteiger partial charge on any atom is -0.461 e. The van der Waals surface area contributed by atoms with E-state index in [1.807, 2.05) is 11.0 Å². The molecule has 4 saturated heterocycles. The molecule has 1 unspecified atom stereocenters. The summed E-state index contributed by atoms with van der Waals surface area (Å²) in [4.78, 5) is 33.4. The van der Waals surface area contributed by atoms with Crippen LogP contribution >= 0.6 is 34.5 Å². The molecular weight excluding hydrogens is 776 g/mol. The third-order valence-electron chi connectivity index (χ3n) is 12.2. The van der Waals surface area contributed by atoms with E-state index in [4.69, 9.17) is 38.7 Å². The Morgan fingerprint density at radius 2 is 1.95 bits per heavy atom. The summed E-state index contributed by atoms with van der Waals surface area (Å²) in [5, 5.41) is 15.0. The molecule has 4 aliphatic heterocycles. The van der Waals surface area contributed by atoms with Crippen molar-refractivity contribution in [2.45, 2.75) is 68.1 Å². The van der Waals surface area contributed by atoms with Gasteiger partial charge in [0.05, 0.1) is 26.4 Å². The number of nitrogen functional groups attached to an aromatic ring is 1. The number of carbonyl (C=O) groups excluding carboxylic acids is 1. The van der Waals surface area contributed by atoms with Crippen molar-refractivity contribution >= 4 is 72.4 Å². The number of rotatable bonds is 6. The van der Waals surface area contributed by atoms with Gasteiger partial charge in [0, 0.05) is 54.9 Å². The van der Waals surface area contributed by atoms with Crippen molar-refractivity contribution in [2.75, 3.05) is 50.0 Å². The van der Waals surface area contributed by atoms with E-state index in [2.05, 4.69) is 20.0 Å². The third kappa shape index (κ3) is 5.37. The summed E-state index contributed by atoms with van der Waals surface area (Å²) in [6, 6.07) is 5.72. The third-order valence-corrected chi connectivity index (χ3v) is 13.8. The fourth-order valence-electron chi connectivity index (χ4n) is 9.23. The maximum absolute atomic E-state index is 17.2. The number of halogens is 5. The van der Waals surface area contributed by atoms with Crippen molar-refractivity contribution in [1.82, 2.24) is 34.5 Å². The topological polar surface area (TPSA) is 142 Å². The number of hydrogen-bond acceptors (Lipinski definition) is 11. The number of amides is 1. The van der Waals surface area contributed by atoms with Gasteiger partial charge in [-0.25, -0.2) is 22.9 Å². The molecule has 1 spiro atoms. The number of alkyl halides is 1. The minimum atomic E-state index is -0.974. The van der Waals surface area contributed by atoms with Crippen LogP contribution in [-0.4, -0.2) is 97.1 Å². The summed E-state index contributed by atoms with van der Waals surface area (Å²) in [6.45, 7) is 2.55. The van der Waals surface area contributed by atoms with Gasteiger partial charge in [0.15, 0.2) is 11.6 Å². The van der Waals surface area contributed by atoms with Crippen molar-refractivity contribution in [3.8, 4) is 23.2 Å². The fraction of sp³-hybridized carbons (Fsp3) is 0.459. The molecule has 5 aliphatic rings. The van der Waals surface area contributed by atoms with E-state index >= 15 is 8.78 Å². The Bertz CT molecular complexity index is 2510. The van der Waals surface area contributed by atoms with Crippen LogP contribution in [0.2, 0.25) is 10.3 Å². The van der Waals surface area contributed by atoms with Gasteiger partial charge in [-0.15, -0.1) is 16.4 Å². The second-order valence-electron chi connectivity index (χ2n) is 15.4. The Hall–Kier alpha value is -4.43. The highest BCUT2D eigenvalue weighted by Crippen LogP contribution is 2.48. The summed E-state index contributed by atoms with van der Waals surface area (Å²) in [6.07, 6.45) is 4.26. The summed E-state index contributed by atoms with van der Waals surface area (Å²) in [5.41, 5.74) is 5.06. The minimum absolute atomic E-state index is 0.00725. The summed E-state index contributed by atoms with van der Waals surface area (Å²) >= 11 is 14.2. The van der Waals surface area contributed by atoms with Crippen LogP contribution in [0.25, 0.3) is 32.1 Å². The molecule has 3 atom stereocenters. The molecule has 1 amide bonds. The maximum Gasteiger partial charge on any atom is 0.348 e. The molecule has 12 nitrogen and oxygen atoms in total. The number of nitrogens with zero attached hydrogens (tertiary/aromatic N) is 9. The zero-order valence-electron chi connectivity index (χ0n) is 29.3. The monoisotopic (exact) mass is 808 g/mol. The average molecular weight is 810 g/mol. The number of carbonyl (C=O) groups is 1. The summed E-state index contributed by atoms with van der Waals surface area (Å²) < 4.78 is 54.5. The van der Waals surface area contributed by atoms with Crippen LogP contribution in [0.1, 0.15) is 62.3 Å². The Kier molecular flexibility index (Phi) is 7.98. The van der Waals surface area contributed by atoms with E-state index in [9.17, 15) is 14.4 Å². The van der Waals surface area contributed by atoms with Crippen LogP contribution in [0.5, 0.6) is 6.01 Å². The van der Waals surface area contributed by atoms with Crippen LogP contribution in [-0.2, 0) is 0 Å². The number of aromatic nitrogens is 5. The first-order valence-corrected chi connectivity index (χ1v) is 19.9. The molecule has 55 heavy (non-hydrogen) atoms. The van der Waals surface area contributed by atoms with Crippen molar-refractivity contribution in [3.05, 3.63) is 51.5 Å².